The van der Waals surface area contributed by atoms with Crippen molar-refractivity contribution in [3.8, 4) is 5.82 Å². The molecule has 4 rings (SSSR count). The van der Waals surface area contributed by atoms with Gasteiger partial charge in [0.15, 0.2) is 5.82 Å². The molecule has 2 fully saturated rings. The van der Waals surface area contributed by atoms with Crippen LogP contribution in [0.15, 0.2) is 18.5 Å². The molecule has 4 heterocycles. The van der Waals surface area contributed by atoms with Crippen LogP contribution in [0.5, 0.6) is 0 Å². The molecule has 28 heavy (non-hydrogen) atoms. The monoisotopic (exact) mass is 382 g/mol. The predicted molar refractivity (Wildman–Crippen MR) is 109 cm³/mol. The van der Waals surface area contributed by atoms with Crippen LogP contribution in [0.1, 0.15) is 50.4 Å². The number of hydrogen-bond donors (Lipinski definition) is 0. The number of anilines is 1. The summed E-state index contributed by atoms with van der Waals surface area (Å²) in [5, 5.41) is 4.53. The van der Waals surface area contributed by atoms with Crippen molar-refractivity contribution in [1.82, 2.24) is 24.6 Å². The third kappa shape index (κ3) is 3.75. The lowest BCUT2D eigenvalue weighted by molar-refractivity contribution is -0.139. The van der Waals surface area contributed by atoms with E-state index < -0.39 is 0 Å². The number of aromatic nitrogens is 4. The van der Waals surface area contributed by atoms with E-state index in [2.05, 4.69) is 31.8 Å². The SMILES string of the molecule is Cc1cc(C)n(-c2cc(N3CCCC(C(=O)N4CCCCC4C)C3)ncn2)n1. The molecule has 0 bridgehead atoms. The van der Waals surface area contributed by atoms with Gasteiger partial charge in [-0.15, -0.1) is 0 Å². The number of aryl methyl sites for hydroxylation is 2. The van der Waals surface area contributed by atoms with Crippen molar-refractivity contribution in [2.24, 2.45) is 5.92 Å². The number of likely N-dealkylation sites (tertiary alicyclic amines) is 1. The van der Waals surface area contributed by atoms with Gasteiger partial charge in [-0.1, -0.05) is 0 Å². The highest BCUT2D eigenvalue weighted by Gasteiger charge is 2.32. The van der Waals surface area contributed by atoms with Crippen molar-refractivity contribution in [1.29, 1.82) is 0 Å². The zero-order valence-electron chi connectivity index (χ0n) is 17.1. The normalized spacial score (nSPS) is 23.1. The number of piperidine rings is 2. The Labute approximate surface area is 166 Å². The van der Waals surface area contributed by atoms with Crippen LogP contribution in [-0.2, 0) is 4.79 Å². The molecule has 2 unspecified atom stereocenters. The van der Waals surface area contributed by atoms with Crippen LogP contribution in [0.4, 0.5) is 5.82 Å². The highest BCUT2D eigenvalue weighted by Crippen LogP contribution is 2.27. The van der Waals surface area contributed by atoms with E-state index in [1.807, 2.05) is 30.7 Å². The Bertz CT molecular complexity index is 847. The maximum Gasteiger partial charge on any atom is 0.227 e. The van der Waals surface area contributed by atoms with E-state index in [-0.39, 0.29) is 5.92 Å². The highest BCUT2D eigenvalue weighted by molar-refractivity contribution is 5.80. The Morgan fingerprint density at radius 3 is 2.61 bits per heavy atom. The summed E-state index contributed by atoms with van der Waals surface area (Å²) in [6, 6.07) is 4.39. The first-order valence-electron chi connectivity index (χ1n) is 10.4. The molecule has 0 spiro atoms. The summed E-state index contributed by atoms with van der Waals surface area (Å²) in [5.41, 5.74) is 2.02. The van der Waals surface area contributed by atoms with E-state index in [9.17, 15) is 4.79 Å². The van der Waals surface area contributed by atoms with Crippen LogP contribution in [0, 0.1) is 19.8 Å². The van der Waals surface area contributed by atoms with Crippen LogP contribution in [0.25, 0.3) is 5.82 Å². The Morgan fingerprint density at radius 1 is 1.04 bits per heavy atom. The predicted octanol–water partition coefficient (Wildman–Crippen LogP) is 2.90. The van der Waals surface area contributed by atoms with E-state index in [0.717, 1.165) is 68.3 Å². The summed E-state index contributed by atoms with van der Waals surface area (Å²) in [6.07, 6.45) is 7.06. The number of hydrogen-bond acceptors (Lipinski definition) is 5. The summed E-state index contributed by atoms with van der Waals surface area (Å²) >= 11 is 0. The first-order chi connectivity index (χ1) is 13.5. The van der Waals surface area contributed by atoms with Crippen molar-refractivity contribution in [2.45, 2.75) is 58.9 Å². The molecule has 2 atom stereocenters. The molecular weight excluding hydrogens is 352 g/mol. The fourth-order valence-electron chi connectivity index (χ4n) is 4.53. The average molecular weight is 383 g/mol. The molecule has 2 aromatic heterocycles. The van der Waals surface area contributed by atoms with Gasteiger partial charge in [0.05, 0.1) is 11.6 Å². The maximum absolute atomic E-state index is 13.1. The first kappa shape index (κ1) is 18.9. The van der Waals surface area contributed by atoms with Gasteiger partial charge in [-0.25, -0.2) is 14.6 Å². The minimum absolute atomic E-state index is 0.0569. The van der Waals surface area contributed by atoms with Crippen molar-refractivity contribution in [3.63, 3.8) is 0 Å². The van der Waals surface area contributed by atoms with Gasteiger partial charge in [-0.2, -0.15) is 5.10 Å². The van der Waals surface area contributed by atoms with Crippen LogP contribution in [-0.4, -0.2) is 56.2 Å². The fraction of sp³-hybridized carbons (Fsp3) is 0.619. The van der Waals surface area contributed by atoms with Gasteiger partial charge in [0.25, 0.3) is 0 Å². The molecule has 2 aliphatic heterocycles. The van der Waals surface area contributed by atoms with Gasteiger partial charge in [0.2, 0.25) is 5.91 Å². The number of carbonyl (C=O) groups excluding carboxylic acids is 1. The molecule has 2 saturated heterocycles. The van der Waals surface area contributed by atoms with Crippen LogP contribution >= 0.6 is 0 Å². The molecule has 0 N–H and O–H groups in total. The summed E-state index contributed by atoms with van der Waals surface area (Å²) < 4.78 is 1.85. The van der Waals surface area contributed by atoms with Gasteiger partial charge in [0.1, 0.15) is 12.1 Å². The standard InChI is InChI=1S/C21H30N6O/c1-15-11-17(3)27(24-15)20-12-19(22-14-23-20)25-9-6-8-18(13-25)21(28)26-10-5-4-7-16(26)2/h11-12,14,16,18H,4-10,13H2,1-3H3. The van der Waals surface area contributed by atoms with Gasteiger partial charge in [-0.05, 0) is 58.9 Å². The lowest BCUT2D eigenvalue weighted by Gasteiger charge is -2.39. The molecular formula is C21H30N6O. The molecule has 1 amide bonds. The maximum atomic E-state index is 13.1. The Hall–Kier alpha value is -2.44. The zero-order valence-corrected chi connectivity index (χ0v) is 17.1. The number of nitrogens with zero attached hydrogens (tertiary/aromatic N) is 6. The van der Waals surface area contributed by atoms with Crippen molar-refractivity contribution in [3.05, 3.63) is 29.8 Å². The summed E-state index contributed by atoms with van der Waals surface area (Å²) in [5.74, 6) is 2.03. The molecule has 0 radical (unpaired) electrons. The smallest absolute Gasteiger partial charge is 0.227 e. The Morgan fingerprint density at radius 2 is 1.86 bits per heavy atom. The first-order valence-corrected chi connectivity index (χ1v) is 10.4. The summed E-state index contributed by atoms with van der Waals surface area (Å²) in [4.78, 5) is 26.4. The number of amides is 1. The van der Waals surface area contributed by atoms with E-state index in [1.54, 1.807) is 6.33 Å². The van der Waals surface area contributed by atoms with E-state index in [0.29, 0.717) is 11.9 Å². The Balaban J connectivity index is 1.51. The van der Waals surface area contributed by atoms with Crippen LogP contribution in [0.3, 0.4) is 0 Å². The number of carbonyl (C=O) groups is 1. The summed E-state index contributed by atoms with van der Waals surface area (Å²) in [6.45, 7) is 8.75. The second kappa shape index (κ2) is 7.89. The molecule has 2 aromatic rings. The molecule has 0 aromatic carbocycles. The fourth-order valence-corrected chi connectivity index (χ4v) is 4.53. The minimum atomic E-state index is 0.0569. The molecule has 0 aliphatic carbocycles. The van der Waals surface area contributed by atoms with Gasteiger partial charge in [-0.3, -0.25) is 4.79 Å². The zero-order chi connectivity index (χ0) is 19.7. The lowest BCUT2D eigenvalue weighted by atomic mass is 9.94. The van der Waals surface area contributed by atoms with E-state index in [4.69, 9.17) is 0 Å². The van der Waals surface area contributed by atoms with Gasteiger partial charge >= 0.3 is 0 Å². The molecule has 7 nitrogen and oxygen atoms in total. The highest BCUT2D eigenvalue weighted by atomic mass is 16.2. The minimum Gasteiger partial charge on any atom is -0.356 e. The second-order valence-corrected chi connectivity index (χ2v) is 8.23. The lowest BCUT2D eigenvalue weighted by Crippen LogP contribution is -2.49. The van der Waals surface area contributed by atoms with E-state index >= 15 is 0 Å². The van der Waals surface area contributed by atoms with Gasteiger partial charge < -0.3 is 9.80 Å². The van der Waals surface area contributed by atoms with Gasteiger partial charge in [0, 0.05) is 37.4 Å². The average Bonchev–Trinajstić information content (AvgIpc) is 3.06. The van der Waals surface area contributed by atoms with Crippen molar-refractivity contribution >= 4 is 11.7 Å². The summed E-state index contributed by atoms with van der Waals surface area (Å²) in [7, 11) is 0. The largest absolute Gasteiger partial charge is 0.356 e. The van der Waals surface area contributed by atoms with Crippen molar-refractivity contribution < 1.29 is 4.79 Å². The quantitative estimate of drug-likeness (QED) is 0.817. The topological polar surface area (TPSA) is 67.2 Å². The Kier molecular flexibility index (Phi) is 5.33. The third-order valence-electron chi connectivity index (χ3n) is 6.05. The molecule has 2 aliphatic rings. The molecule has 7 heteroatoms. The van der Waals surface area contributed by atoms with E-state index in [1.165, 1.54) is 6.42 Å². The molecule has 150 valence electrons. The molecule has 0 saturated carbocycles. The second-order valence-electron chi connectivity index (χ2n) is 8.23. The van der Waals surface area contributed by atoms with Crippen molar-refractivity contribution in [2.75, 3.05) is 24.5 Å². The number of rotatable bonds is 3. The third-order valence-corrected chi connectivity index (χ3v) is 6.05. The van der Waals surface area contributed by atoms with Crippen LogP contribution in [0.2, 0.25) is 0 Å². The van der Waals surface area contributed by atoms with Crippen LogP contribution < -0.4 is 4.90 Å².